The van der Waals surface area contributed by atoms with Crippen molar-refractivity contribution in [3.8, 4) is 11.5 Å². The first-order valence-corrected chi connectivity index (χ1v) is 5.70. The molecule has 1 aromatic carbocycles. The zero-order valence-corrected chi connectivity index (χ0v) is 9.92. The second-order valence-electron chi connectivity index (χ2n) is 3.55. The highest BCUT2D eigenvalue weighted by Gasteiger charge is 2.10. The minimum absolute atomic E-state index is 0.175. The number of hydrogen-bond acceptors (Lipinski definition) is 2. The van der Waals surface area contributed by atoms with E-state index < -0.39 is 0 Å². The topological polar surface area (TPSA) is 29.5 Å². The average molecular weight is 229 g/mol. The Balaban J connectivity index is 2.73. The largest absolute Gasteiger partial charge is 0.508 e. The smallest absolute Gasteiger partial charge is 0.141 e. The average Bonchev–Trinajstić information content (AvgIpc) is 2.22. The maximum Gasteiger partial charge on any atom is 0.141 e. The number of phenols is 1. The predicted octanol–water partition coefficient (Wildman–Crippen LogP) is 4.00. The van der Waals surface area contributed by atoms with Gasteiger partial charge in [0, 0.05) is 6.07 Å². The number of rotatable bonds is 5. The van der Waals surface area contributed by atoms with E-state index in [-0.39, 0.29) is 11.9 Å². The van der Waals surface area contributed by atoms with E-state index >= 15 is 0 Å². The molecule has 0 aliphatic rings. The fourth-order valence-electron chi connectivity index (χ4n) is 1.43. The number of ether oxygens (including phenoxy) is 1. The van der Waals surface area contributed by atoms with Crippen LogP contribution in [0.5, 0.6) is 11.5 Å². The number of benzene rings is 1. The highest BCUT2D eigenvalue weighted by molar-refractivity contribution is 6.32. The van der Waals surface area contributed by atoms with Crippen molar-refractivity contribution in [1.29, 1.82) is 0 Å². The van der Waals surface area contributed by atoms with Crippen LogP contribution < -0.4 is 4.74 Å². The summed E-state index contributed by atoms with van der Waals surface area (Å²) in [6, 6.07) is 4.75. The lowest BCUT2D eigenvalue weighted by molar-refractivity contribution is 0.185. The molecule has 0 bridgehead atoms. The van der Waals surface area contributed by atoms with Crippen molar-refractivity contribution in [2.45, 2.75) is 39.2 Å². The van der Waals surface area contributed by atoms with Crippen molar-refractivity contribution in [3.63, 3.8) is 0 Å². The molecule has 3 heteroatoms. The maximum absolute atomic E-state index is 9.31. The summed E-state index contributed by atoms with van der Waals surface area (Å²) in [6.07, 6.45) is 3.20. The second kappa shape index (κ2) is 5.86. The molecule has 0 aliphatic carbocycles. The minimum atomic E-state index is 0.175. The molecular weight excluding hydrogens is 212 g/mol. The van der Waals surface area contributed by atoms with Gasteiger partial charge in [-0.3, -0.25) is 0 Å². The van der Waals surface area contributed by atoms with E-state index in [1.165, 1.54) is 0 Å². The molecule has 0 radical (unpaired) electrons. The third kappa shape index (κ3) is 3.63. The van der Waals surface area contributed by atoms with Crippen LogP contribution in [0.4, 0.5) is 0 Å². The van der Waals surface area contributed by atoms with E-state index in [1.807, 2.05) is 0 Å². The summed E-state index contributed by atoms with van der Waals surface area (Å²) in [7, 11) is 0. The van der Waals surface area contributed by atoms with Crippen molar-refractivity contribution >= 4 is 11.6 Å². The normalized spacial score (nSPS) is 12.5. The minimum Gasteiger partial charge on any atom is -0.508 e. The van der Waals surface area contributed by atoms with Gasteiger partial charge >= 0.3 is 0 Å². The Labute approximate surface area is 95.8 Å². The van der Waals surface area contributed by atoms with Crippen LogP contribution in [0.1, 0.15) is 33.1 Å². The van der Waals surface area contributed by atoms with Gasteiger partial charge in [-0.2, -0.15) is 0 Å². The second-order valence-corrected chi connectivity index (χ2v) is 3.96. The van der Waals surface area contributed by atoms with Gasteiger partial charge in [0.05, 0.1) is 11.1 Å². The molecule has 15 heavy (non-hydrogen) atoms. The summed E-state index contributed by atoms with van der Waals surface area (Å²) < 4.78 is 5.72. The van der Waals surface area contributed by atoms with Crippen molar-refractivity contribution in [2.75, 3.05) is 0 Å². The van der Waals surface area contributed by atoms with Crippen LogP contribution >= 0.6 is 11.6 Å². The SMILES string of the molecule is CCCC(CC)Oc1cc(O)ccc1Cl. The molecule has 0 saturated heterocycles. The fraction of sp³-hybridized carbons (Fsp3) is 0.500. The Kier molecular flexibility index (Phi) is 4.76. The van der Waals surface area contributed by atoms with E-state index in [0.717, 1.165) is 19.3 Å². The van der Waals surface area contributed by atoms with Crippen LogP contribution in [-0.4, -0.2) is 11.2 Å². The molecule has 1 rings (SSSR count). The zero-order valence-electron chi connectivity index (χ0n) is 9.16. The van der Waals surface area contributed by atoms with E-state index in [2.05, 4.69) is 13.8 Å². The first-order valence-electron chi connectivity index (χ1n) is 5.32. The molecule has 0 aliphatic heterocycles. The van der Waals surface area contributed by atoms with Crippen LogP contribution in [0.25, 0.3) is 0 Å². The number of halogens is 1. The Morgan fingerprint density at radius 2 is 2.13 bits per heavy atom. The molecule has 0 fully saturated rings. The highest BCUT2D eigenvalue weighted by atomic mass is 35.5. The monoisotopic (exact) mass is 228 g/mol. The van der Waals surface area contributed by atoms with Crippen molar-refractivity contribution in [3.05, 3.63) is 23.2 Å². The lowest BCUT2D eigenvalue weighted by atomic mass is 10.1. The first-order chi connectivity index (χ1) is 7.17. The van der Waals surface area contributed by atoms with Gasteiger partial charge in [0.15, 0.2) is 0 Å². The molecule has 84 valence electrons. The highest BCUT2D eigenvalue weighted by Crippen LogP contribution is 2.30. The number of aromatic hydroxyl groups is 1. The molecule has 0 aromatic heterocycles. The maximum atomic E-state index is 9.31. The summed E-state index contributed by atoms with van der Waals surface area (Å²) >= 11 is 5.96. The zero-order chi connectivity index (χ0) is 11.3. The summed E-state index contributed by atoms with van der Waals surface area (Å²) in [5, 5.41) is 9.86. The third-order valence-electron chi connectivity index (χ3n) is 2.27. The van der Waals surface area contributed by atoms with E-state index in [4.69, 9.17) is 16.3 Å². The van der Waals surface area contributed by atoms with Crippen LogP contribution in [0.3, 0.4) is 0 Å². The van der Waals surface area contributed by atoms with Crippen molar-refractivity contribution in [1.82, 2.24) is 0 Å². The number of hydrogen-bond donors (Lipinski definition) is 1. The van der Waals surface area contributed by atoms with Gasteiger partial charge in [0.25, 0.3) is 0 Å². The van der Waals surface area contributed by atoms with E-state index in [1.54, 1.807) is 18.2 Å². The Morgan fingerprint density at radius 1 is 1.40 bits per heavy atom. The molecule has 0 amide bonds. The first kappa shape index (κ1) is 12.2. The van der Waals surface area contributed by atoms with Gasteiger partial charge in [-0.05, 0) is 25.0 Å². The third-order valence-corrected chi connectivity index (χ3v) is 2.59. The van der Waals surface area contributed by atoms with E-state index in [9.17, 15) is 5.11 Å². The summed E-state index contributed by atoms with van der Waals surface area (Å²) in [4.78, 5) is 0. The summed E-state index contributed by atoms with van der Waals surface area (Å²) in [5.74, 6) is 0.748. The van der Waals surface area contributed by atoms with Gasteiger partial charge < -0.3 is 9.84 Å². The van der Waals surface area contributed by atoms with Gasteiger partial charge in [-0.1, -0.05) is 31.9 Å². The molecular formula is C12H17ClO2. The molecule has 0 heterocycles. The molecule has 2 nitrogen and oxygen atoms in total. The lowest BCUT2D eigenvalue weighted by Gasteiger charge is -2.17. The van der Waals surface area contributed by atoms with Crippen LogP contribution in [0, 0.1) is 0 Å². The Morgan fingerprint density at radius 3 is 2.73 bits per heavy atom. The van der Waals surface area contributed by atoms with Crippen LogP contribution in [-0.2, 0) is 0 Å². The van der Waals surface area contributed by atoms with Gasteiger partial charge in [0.1, 0.15) is 11.5 Å². The molecule has 1 aromatic rings. The predicted molar refractivity (Wildman–Crippen MR) is 62.7 cm³/mol. The van der Waals surface area contributed by atoms with Crippen LogP contribution in [0.2, 0.25) is 5.02 Å². The van der Waals surface area contributed by atoms with Crippen LogP contribution in [0.15, 0.2) is 18.2 Å². The molecule has 0 saturated carbocycles. The molecule has 1 atom stereocenters. The quantitative estimate of drug-likeness (QED) is 0.826. The van der Waals surface area contributed by atoms with Gasteiger partial charge in [-0.15, -0.1) is 0 Å². The molecule has 0 spiro atoms. The van der Waals surface area contributed by atoms with Gasteiger partial charge in [-0.25, -0.2) is 0 Å². The molecule has 1 unspecified atom stereocenters. The molecule has 1 N–H and O–H groups in total. The summed E-state index contributed by atoms with van der Waals surface area (Å²) in [5.41, 5.74) is 0. The lowest BCUT2D eigenvalue weighted by Crippen LogP contribution is -2.14. The Bertz CT molecular complexity index is 312. The van der Waals surface area contributed by atoms with E-state index in [0.29, 0.717) is 10.8 Å². The Hall–Kier alpha value is -0.890. The fourth-order valence-corrected chi connectivity index (χ4v) is 1.59. The standard InChI is InChI=1S/C12H17ClO2/c1-3-5-10(4-2)15-12-8-9(14)6-7-11(12)13/h6-8,10,14H,3-5H2,1-2H3. The summed E-state index contributed by atoms with van der Waals surface area (Å²) in [6.45, 7) is 4.20. The van der Waals surface area contributed by atoms with Gasteiger partial charge in [0.2, 0.25) is 0 Å². The number of phenolic OH excluding ortho intramolecular Hbond substituents is 1. The van der Waals surface area contributed by atoms with Crippen molar-refractivity contribution < 1.29 is 9.84 Å². The van der Waals surface area contributed by atoms with Crippen molar-refractivity contribution in [2.24, 2.45) is 0 Å².